The zero-order chi connectivity index (χ0) is 17.2. The van der Waals surface area contributed by atoms with E-state index in [1.54, 1.807) is 25.6 Å². The SMILES string of the molecule is COc1ccc(CN2C(=O)CO[C@@H]3CN(c4ncccn4)C[C@H]32)cc1. The van der Waals surface area contributed by atoms with Crippen LogP contribution in [0.2, 0.25) is 0 Å². The summed E-state index contributed by atoms with van der Waals surface area (Å²) < 4.78 is 11.0. The molecule has 0 unspecified atom stereocenters. The highest BCUT2D eigenvalue weighted by Crippen LogP contribution is 2.27. The monoisotopic (exact) mass is 340 g/mol. The number of carbonyl (C=O) groups excluding carboxylic acids is 1. The first-order valence-corrected chi connectivity index (χ1v) is 8.30. The minimum atomic E-state index is -0.0141. The Hall–Kier alpha value is -2.67. The second-order valence-corrected chi connectivity index (χ2v) is 6.24. The van der Waals surface area contributed by atoms with Crippen LogP contribution in [-0.4, -0.2) is 59.7 Å². The van der Waals surface area contributed by atoms with Crippen LogP contribution in [0.4, 0.5) is 5.95 Å². The number of nitrogens with zero attached hydrogens (tertiary/aromatic N) is 4. The normalized spacial score (nSPS) is 22.8. The summed E-state index contributed by atoms with van der Waals surface area (Å²) in [6, 6.07) is 9.61. The van der Waals surface area contributed by atoms with Crippen molar-refractivity contribution < 1.29 is 14.3 Å². The van der Waals surface area contributed by atoms with Crippen LogP contribution in [-0.2, 0) is 16.1 Å². The molecular formula is C18H20N4O3. The molecule has 1 aromatic heterocycles. The fraction of sp³-hybridized carbons (Fsp3) is 0.389. The molecule has 7 heteroatoms. The number of benzene rings is 1. The first-order chi connectivity index (χ1) is 12.2. The van der Waals surface area contributed by atoms with Gasteiger partial charge in [0, 0.05) is 32.0 Å². The number of morpholine rings is 1. The number of amides is 1. The van der Waals surface area contributed by atoms with Crippen molar-refractivity contribution in [3.05, 3.63) is 48.3 Å². The van der Waals surface area contributed by atoms with E-state index < -0.39 is 0 Å². The van der Waals surface area contributed by atoms with E-state index in [1.807, 2.05) is 29.2 Å². The highest BCUT2D eigenvalue weighted by atomic mass is 16.5. The molecule has 1 amide bonds. The summed E-state index contributed by atoms with van der Waals surface area (Å²) in [5.41, 5.74) is 1.07. The van der Waals surface area contributed by atoms with Crippen molar-refractivity contribution in [1.29, 1.82) is 0 Å². The van der Waals surface area contributed by atoms with E-state index >= 15 is 0 Å². The number of methoxy groups -OCH3 is 1. The minimum absolute atomic E-state index is 0.00663. The van der Waals surface area contributed by atoms with Crippen LogP contribution in [0.3, 0.4) is 0 Å². The van der Waals surface area contributed by atoms with Crippen LogP contribution in [0.25, 0.3) is 0 Å². The molecule has 25 heavy (non-hydrogen) atoms. The molecule has 1 aromatic carbocycles. The lowest BCUT2D eigenvalue weighted by atomic mass is 10.1. The van der Waals surface area contributed by atoms with Gasteiger partial charge in [-0.05, 0) is 23.8 Å². The maximum Gasteiger partial charge on any atom is 0.249 e. The lowest BCUT2D eigenvalue weighted by molar-refractivity contribution is -0.153. The predicted molar refractivity (Wildman–Crippen MR) is 91.3 cm³/mol. The molecule has 2 aliphatic heterocycles. The van der Waals surface area contributed by atoms with Crippen LogP contribution in [0.1, 0.15) is 5.56 Å². The maximum atomic E-state index is 12.4. The van der Waals surface area contributed by atoms with Crippen LogP contribution in [0, 0.1) is 0 Å². The van der Waals surface area contributed by atoms with E-state index in [0.717, 1.165) is 11.3 Å². The lowest BCUT2D eigenvalue weighted by Crippen LogP contribution is -2.53. The van der Waals surface area contributed by atoms with Gasteiger partial charge in [0.2, 0.25) is 11.9 Å². The molecule has 0 saturated carbocycles. The summed E-state index contributed by atoms with van der Waals surface area (Å²) in [4.78, 5) is 25.0. The number of carbonyl (C=O) groups is 1. The van der Waals surface area contributed by atoms with Crippen molar-refractivity contribution in [2.75, 3.05) is 31.7 Å². The van der Waals surface area contributed by atoms with Gasteiger partial charge in [-0.3, -0.25) is 4.79 Å². The van der Waals surface area contributed by atoms with Crippen LogP contribution in [0.5, 0.6) is 5.75 Å². The Morgan fingerprint density at radius 1 is 1.20 bits per heavy atom. The van der Waals surface area contributed by atoms with Gasteiger partial charge in [0.15, 0.2) is 0 Å². The predicted octanol–water partition coefficient (Wildman–Crippen LogP) is 1.10. The van der Waals surface area contributed by atoms with Crippen LogP contribution >= 0.6 is 0 Å². The molecule has 3 heterocycles. The van der Waals surface area contributed by atoms with E-state index in [2.05, 4.69) is 14.9 Å². The standard InChI is InChI=1S/C18H20N4O3/c1-24-14-5-3-13(4-6-14)9-22-15-10-21(18-19-7-2-8-20-18)11-16(15)25-12-17(22)23/h2-8,15-16H,9-12H2,1H3/t15-,16-/m1/s1. The summed E-state index contributed by atoms with van der Waals surface area (Å²) in [5.74, 6) is 1.51. The number of fused-ring (bicyclic) bond motifs is 1. The van der Waals surface area contributed by atoms with Gasteiger partial charge in [0.05, 0.1) is 19.3 Å². The van der Waals surface area contributed by atoms with Crippen molar-refractivity contribution in [2.24, 2.45) is 0 Å². The van der Waals surface area contributed by atoms with Crippen molar-refractivity contribution in [3.63, 3.8) is 0 Å². The molecule has 2 saturated heterocycles. The van der Waals surface area contributed by atoms with E-state index in [4.69, 9.17) is 9.47 Å². The fourth-order valence-electron chi connectivity index (χ4n) is 3.42. The first kappa shape index (κ1) is 15.8. The Morgan fingerprint density at radius 3 is 2.68 bits per heavy atom. The summed E-state index contributed by atoms with van der Waals surface area (Å²) in [7, 11) is 1.64. The molecular weight excluding hydrogens is 320 g/mol. The minimum Gasteiger partial charge on any atom is -0.497 e. The average Bonchev–Trinajstić information content (AvgIpc) is 3.10. The number of aromatic nitrogens is 2. The van der Waals surface area contributed by atoms with Gasteiger partial charge in [0.25, 0.3) is 0 Å². The highest BCUT2D eigenvalue weighted by Gasteiger charge is 2.43. The van der Waals surface area contributed by atoms with Gasteiger partial charge < -0.3 is 19.3 Å². The second kappa shape index (κ2) is 6.68. The van der Waals surface area contributed by atoms with Gasteiger partial charge >= 0.3 is 0 Å². The third kappa shape index (κ3) is 3.15. The molecule has 0 bridgehead atoms. The quantitative estimate of drug-likeness (QED) is 0.830. The molecule has 0 radical (unpaired) electrons. The molecule has 2 fully saturated rings. The van der Waals surface area contributed by atoms with Gasteiger partial charge in [-0.1, -0.05) is 12.1 Å². The number of hydrogen-bond donors (Lipinski definition) is 0. The number of hydrogen-bond acceptors (Lipinski definition) is 6. The smallest absolute Gasteiger partial charge is 0.249 e. The van der Waals surface area contributed by atoms with Crippen molar-refractivity contribution in [1.82, 2.24) is 14.9 Å². The first-order valence-electron chi connectivity index (χ1n) is 8.30. The van der Waals surface area contributed by atoms with Crippen molar-refractivity contribution >= 4 is 11.9 Å². The molecule has 0 spiro atoms. The van der Waals surface area contributed by atoms with Crippen LogP contribution in [0.15, 0.2) is 42.7 Å². The number of rotatable bonds is 4. The zero-order valence-electron chi connectivity index (χ0n) is 14.0. The van der Waals surface area contributed by atoms with Gasteiger partial charge in [-0.25, -0.2) is 9.97 Å². The second-order valence-electron chi connectivity index (χ2n) is 6.24. The summed E-state index contributed by atoms with van der Waals surface area (Å²) in [5, 5.41) is 0. The fourth-order valence-corrected chi connectivity index (χ4v) is 3.42. The Morgan fingerprint density at radius 2 is 1.96 bits per heavy atom. The third-order valence-electron chi connectivity index (χ3n) is 4.73. The number of ether oxygens (including phenoxy) is 2. The van der Waals surface area contributed by atoms with Gasteiger partial charge in [-0.2, -0.15) is 0 Å². The Kier molecular flexibility index (Phi) is 4.23. The van der Waals surface area contributed by atoms with Crippen LogP contribution < -0.4 is 9.64 Å². The zero-order valence-corrected chi connectivity index (χ0v) is 14.0. The Labute approximate surface area is 146 Å². The van der Waals surface area contributed by atoms with E-state index in [1.165, 1.54) is 0 Å². The summed E-state index contributed by atoms with van der Waals surface area (Å²) >= 11 is 0. The maximum absolute atomic E-state index is 12.4. The van der Waals surface area contributed by atoms with Crippen molar-refractivity contribution in [3.8, 4) is 5.75 Å². The van der Waals surface area contributed by atoms with Gasteiger partial charge in [-0.15, -0.1) is 0 Å². The summed E-state index contributed by atoms with van der Waals surface area (Å²) in [6.45, 7) is 2.06. The van der Waals surface area contributed by atoms with E-state index in [0.29, 0.717) is 25.6 Å². The molecule has 2 atom stereocenters. The molecule has 130 valence electrons. The molecule has 0 N–H and O–H groups in total. The van der Waals surface area contributed by atoms with E-state index in [-0.39, 0.29) is 24.7 Å². The molecule has 7 nitrogen and oxygen atoms in total. The highest BCUT2D eigenvalue weighted by molar-refractivity contribution is 5.79. The Balaban J connectivity index is 1.51. The summed E-state index contributed by atoms with van der Waals surface area (Å²) in [6.07, 6.45) is 3.44. The molecule has 2 aromatic rings. The molecule has 2 aliphatic rings. The average molecular weight is 340 g/mol. The topological polar surface area (TPSA) is 67.8 Å². The number of anilines is 1. The molecule has 0 aliphatic carbocycles. The Bertz CT molecular complexity index is 738. The van der Waals surface area contributed by atoms with Crippen molar-refractivity contribution in [2.45, 2.75) is 18.7 Å². The van der Waals surface area contributed by atoms with E-state index in [9.17, 15) is 4.79 Å². The van der Waals surface area contributed by atoms with Gasteiger partial charge in [0.1, 0.15) is 12.4 Å². The molecule has 4 rings (SSSR count). The largest absolute Gasteiger partial charge is 0.497 e. The third-order valence-corrected chi connectivity index (χ3v) is 4.73. The lowest BCUT2D eigenvalue weighted by Gasteiger charge is -2.36.